The van der Waals surface area contributed by atoms with Gasteiger partial charge in [-0.15, -0.1) is 0 Å². The van der Waals surface area contributed by atoms with Crippen LogP contribution in [0.5, 0.6) is 0 Å². The van der Waals surface area contributed by atoms with Gasteiger partial charge >= 0.3 is 5.97 Å². The van der Waals surface area contributed by atoms with Crippen LogP contribution in [0.15, 0.2) is 36.5 Å². The molecule has 7 nitrogen and oxygen atoms in total. The van der Waals surface area contributed by atoms with Crippen molar-refractivity contribution in [2.75, 3.05) is 0 Å². The lowest BCUT2D eigenvalue weighted by atomic mass is 10.1. The Bertz CT molecular complexity index is 621. The van der Waals surface area contributed by atoms with Gasteiger partial charge in [-0.2, -0.15) is 5.10 Å². The van der Waals surface area contributed by atoms with Crippen LogP contribution in [0.2, 0.25) is 0 Å². The van der Waals surface area contributed by atoms with Gasteiger partial charge in [0.15, 0.2) is 5.69 Å². The fraction of sp³-hybridized carbons (Fsp3) is 0.167. The average molecular weight is 261 g/mol. The Labute approximate surface area is 108 Å². The van der Waals surface area contributed by atoms with Crippen LogP contribution in [-0.4, -0.2) is 25.8 Å². The highest BCUT2D eigenvalue weighted by atomic mass is 16.6. The molecule has 1 N–H and O–H groups in total. The summed E-state index contributed by atoms with van der Waals surface area (Å²) < 4.78 is 1.46. The number of hydrogen-bond acceptors (Lipinski definition) is 4. The predicted octanol–water partition coefficient (Wildman–Crippen LogP) is 1.73. The molecule has 1 heterocycles. The van der Waals surface area contributed by atoms with Gasteiger partial charge in [0.2, 0.25) is 0 Å². The number of benzene rings is 1. The van der Waals surface area contributed by atoms with Gasteiger partial charge in [-0.25, -0.2) is 4.79 Å². The zero-order valence-electron chi connectivity index (χ0n) is 9.89. The summed E-state index contributed by atoms with van der Waals surface area (Å²) in [6.07, 6.45) is 1.95. The number of aromatic carboxylic acids is 1. The van der Waals surface area contributed by atoms with Crippen LogP contribution in [-0.2, 0) is 13.0 Å². The van der Waals surface area contributed by atoms with E-state index in [-0.39, 0.29) is 11.4 Å². The zero-order chi connectivity index (χ0) is 13.8. The Balaban J connectivity index is 2.10. The summed E-state index contributed by atoms with van der Waals surface area (Å²) in [5.41, 5.74) is 0.621. The number of nitro benzene ring substituents is 1. The number of carboxylic acid groups (broad SMARTS) is 1. The molecule has 7 heteroatoms. The van der Waals surface area contributed by atoms with Crippen molar-refractivity contribution in [3.63, 3.8) is 0 Å². The first-order valence-corrected chi connectivity index (χ1v) is 5.57. The number of aromatic nitrogens is 2. The first-order chi connectivity index (χ1) is 9.08. The molecule has 0 saturated carbocycles. The van der Waals surface area contributed by atoms with Crippen LogP contribution >= 0.6 is 0 Å². The summed E-state index contributed by atoms with van der Waals surface area (Å²) in [5.74, 6) is -1.09. The van der Waals surface area contributed by atoms with Gasteiger partial charge in [0, 0.05) is 24.4 Å². The number of carboxylic acids is 1. The molecule has 19 heavy (non-hydrogen) atoms. The van der Waals surface area contributed by atoms with Crippen LogP contribution in [0.1, 0.15) is 16.1 Å². The minimum atomic E-state index is -1.09. The maximum atomic E-state index is 10.8. The van der Waals surface area contributed by atoms with Gasteiger partial charge in [0.25, 0.3) is 5.69 Å². The first-order valence-electron chi connectivity index (χ1n) is 5.57. The molecule has 0 aliphatic heterocycles. The van der Waals surface area contributed by atoms with Crippen LogP contribution in [0.3, 0.4) is 0 Å². The standard InChI is InChI=1S/C12H11N3O4/c16-12(17)10-6-8-14(13-10)7-5-9-3-1-2-4-11(9)15(18)19/h1-4,6,8H,5,7H2,(H,16,17). The minimum Gasteiger partial charge on any atom is -0.476 e. The summed E-state index contributed by atoms with van der Waals surface area (Å²) in [7, 11) is 0. The molecule has 0 radical (unpaired) electrons. The van der Waals surface area contributed by atoms with E-state index in [0.717, 1.165) is 0 Å². The van der Waals surface area contributed by atoms with E-state index in [9.17, 15) is 14.9 Å². The summed E-state index contributed by atoms with van der Waals surface area (Å²) in [6, 6.07) is 7.86. The van der Waals surface area contributed by atoms with Gasteiger partial charge in [0.1, 0.15) is 0 Å². The van der Waals surface area contributed by atoms with Crippen LogP contribution < -0.4 is 0 Å². The number of hydrogen-bond donors (Lipinski definition) is 1. The van der Waals surface area contributed by atoms with E-state index in [1.165, 1.54) is 23.0 Å². The van der Waals surface area contributed by atoms with Gasteiger partial charge in [-0.1, -0.05) is 18.2 Å². The molecule has 0 fully saturated rings. The molecule has 0 spiro atoms. The molecule has 0 aliphatic carbocycles. The topological polar surface area (TPSA) is 98.3 Å². The zero-order valence-corrected chi connectivity index (χ0v) is 9.89. The summed E-state index contributed by atoms with van der Waals surface area (Å²) in [4.78, 5) is 21.1. The van der Waals surface area contributed by atoms with Gasteiger partial charge in [-0.3, -0.25) is 14.8 Å². The smallest absolute Gasteiger partial charge is 0.356 e. The average Bonchev–Trinajstić information content (AvgIpc) is 2.85. The van der Waals surface area contributed by atoms with Crippen LogP contribution in [0, 0.1) is 10.1 Å². The molecule has 1 aromatic carbocycles. The molecule has 0 aliphatic rings. The van der Waals surface area contributed by atoms with Crippen LogP contribution in [0.4, 0.5) is 5.69 Å². The van der Waals surface area contributed by atoms with E-state index in [1.807, 2.05) is 0 Å². The maximum absolute atomic E-state index is 10.8. The molecule has 0 atom stereocenters. The number of rotatable bonds is 5. The molecule has 98 valence electrons. The quantitative estimate of drug-likeness (QED) is 0.652. The minimum absolute atomic E-state index is 0.0393. The maximum Gasteiger partial charge on any atom is 0.356 e. The van der Waals surface area contributed by atoms with Crippen molar-refractivity contribution in [1.29, 1.82) is 0 Å². The molecule has 0 saturated heterocycles. The van der Waals surface area contributed by atoms with E-state index >= 15 is 0 Å². The monoisotopic (exact) mass is 261 g/mol. The van der Waals surface area contributed by atoms with Gasteiger partial charge in [0.05, 0.1) is 4.92 Å². The van der Waals surface area contributed by atoms with Crippen molar-refractivity contribution in [2.45, 2.75) is 13.0 Å². The van der Waals surface area contributed by atoms with Crippen molar-refractivity contribution >= 4 is 11.7 Å². The second-order valence-corrected chi connectivity index (χ2v) is 3.91. The molecule has 0 unspecified atom stereocenters. The number of para-hydroxylation sites is 1. The summed E-state index contributed by atoms with van der Waals surface area (Å²) >= 11 is 0. The van der Waals surface area contributed by atoms with E-state index in [4.69, 9.17) is 5.11 Å². The molecule has 0 amide bonds. The van der Waals surface area contributed by atoms with Crippen molar-refractivity contribution < 1.29 is 14.8 Å². The largest absolute Gasteiger partial charge is 0.476 e. The van der Waals surface area contributed by atoms with Crippen molar-refractivity contribution in [3.8, 4) is 0 Å². The first kappa shape index (κ1) is 12.7. The van der Waals surface area contributed by atoms with E-state index in [0.29, 0.717) is 18.5 Å². The molecular weight excluding hydrogens is 250 g/mol. The van der Waals surface area contributed by atoms with Crippen molar-refractivity contribution in [2.24, 2.45) is 0 Å². The number of carbonyl (C=O) groups is 1. The fourth-order valence-electron chi connectivity index (χ4n) is 1.74. The number of aryl methyl sites for hydroxylation is 2. The fourth-order valence-corrected chi connectivity index (χ4v) is 1.74. The lowest BCUT2D eigenvalue weighted by molar-refractivity contribution is -0.385. The van der Waals surface area contributed by atoms with Crippen LogP contribution in [0.25, 0.3) is 0 Å². The highest BCUT2D eigenvalue weighted by Gasteiger charge is 2.12. The molecule has 2 rings (SSSR count). The second kappa shape index (κ2) is 5.30. The second-order valence-electron chi connectivity index (χ2n) is 3.91. The van der Waals surface area contributed by atoms with Crippen molar-refractivity contribution in [1.82, 2.24) is 9.78 Å². The summed E-state index contributed by atoms with van der Waals surface area (Å²) in [5, 5.41) is 23.4. The van der Waals surface area contributed by atoms with Gasteiger partial charge in [-0.05, 0) is 12.5 Å². The van der Waals surface area contributed by atoms with Crippen molar-refractivity contribution in [3.05, 3.63) is 57.9 Å². The molecule has 2 aromatic rings. The predicted molar refractivity (Wildman–Crippen MR) is 66.0 cm³/mol. The third-order valence-corrected chi connectivity index (χ3v) is 2.66. The number of nitrogens with zero attached hydrogens (tertiary/aromatic N) is 3. The summed E-state index contributed by atoms with van der Waals surface area (Å²) in [6.45, 7) is 0.387. The molecule has 1 aromatic heterocycles. The molecular formula is C12H11N3O4. The highest BCUT2D eigenvalue weighted by Crippen LogP contribution is 2.18. The lowest BCUT2D eigenvalue weighted by Crippen LogP contribution is -2.06. The van der Waals surface area contributed by atoms with E-state index in [2.05, 4.69) is 5.10 Å². The SMILES string of the molecule is O=C(O)c1ccn(CCc2ccccc2[N+](=O)[O-])n1. The lowest BCUT2D eigenvalue weighted by Gasteiger charge is -2.03. The third kappa shape index (κ3) is 2.95. The Morgan fingerprint density at radius 3 is 2.74 bits per heavy atom. The third-order valence-electron chi connectivity index (χ3n) is 2.66. The highest BCUT2D eigenvalue weighted by molar-refractivity contribution is 5.85. The van der Waals surface area contributed by atoms with E-state index < -0.39 is 10.9 Å². The Morgan fingerprint density at radius 1 is 1.37 bits per heavy atom. The normalized spacial score (nSPS) is 10.3. The number of nitro groups is 1. The molecule has 0 bridgehead atoms. The van der Waals surface area contributed by atoms with E-state index in [1.54, 1.807) is 18.2 Å². The van der Waals surface area contributed by atoms with Gasteiger partial charge < -0.3 is 5.11 Å². The Hall–Kier alpha value is -2.70. The Morgan fingerprint density at radius 2 is 2.11 bits per heavy atom. The Kier molecular flexibility index (Phi) is 3.56.